The van der Waals surface area contributed by atoms with E-state index in [9.17, 15) is 9.90 Å². The number of aryl methyl sites for hydroxylation is 1. The number of aromatic nitrogens is 2. The lowest BCUT2D eigenvalue weighted by atomic mass is 9.87. The lowest BCUT2D eigenvalue weighted by Crippen LogP contribution is -2.27. The molecule has 0 unspecified atom stereocenters. The minimum atomic E-state index is -0.926. The van der Waals surface area contributed by atoms with Crippen LogP contribution < -0.4 is 4.74 Å². The summed E-state index contributed by atoms with van der Waals surface area (Å²) in [5, 5.41) is 13.4. The number of nitrogens with zero attached hydrogens (tertiary/aromatic N) is 2. The third kappa shape index (κ3) is 5.72. The van der Waals surface area contributed by atoms with Gasteiger partial charge in [0, 0.05) is 40.0 Å². The largest absolute Gasteiger partial charge is 0.487 e. The fraction of sp³-hybridized carbons (Fsp3) is 0.226. The summed E-state index contributed by atoms with van der Waals surface area (Å²) in [6.07, 6.45) is 0.389. The van der Waals surface area contributed by atoms with Crippen LogP contribution >= 0.6 is 34.8 Å². The standard InChI is InChI=1S/C31H27Cl3N2O3/c1-18-24-13-23(39-17-22-9-6-20-12-25(33)26(34)14-27(20)35-22)10-11-28(24)36(16-19-4-7-21(32)8-5-19)29(18)15-31(2,3)30(37)38/h4-14H,15-17H2,1-3H3,(H,37,38). The summed E-state index contributed by atoms with van der Waals surface area (Å²) in [4.78, 5) is 16.6. The summed E-state index contributed by atoms with van der Waals surface area (Å²) in [6.45, 7) is 6.43. The van der Waals surface area contributed by atoms with E-state index >= 15 is 0 Å². The fourth-order valence-electron chi connectivity index (χ4n) is 4.72. The number of halogens is 3. The molecule has 0 aliphatic rings. The number of pyridine rings is 1. The van der Waals surface area contributed by atoms with Gasteiger partial charge in [-0.1, -0.05) is 53.0 Å². The van der Waals surface area contributed by atoms with Gasteiger partial charge in [0.25, 0.3) is 0 Å². The maximum Gasteiger partial charge on any atom is 0.309 e. The first-order chi connectivity index (χ1) is 18.5. The van der Waals surface area contributed by atoms with Crippen molar-refractivity contribution in [3.8, 4) is 5.75 Å². The van der Waals surface area contributed by atoms with Crippen molar-refractivity contribution in [1.29, 1.82) is 0 Å². The van der Waals surface area contributed by atoms with E-state index < -0.39 is 11.4 Å². The first kappa shape index (κ1) is 27.3. The van der Waals surface area contributed by atoms with Gasteiger partial charge in [-0.3, -0.25) is 4.79 Å². The van der Waals surface area contributed by atoms with Crippen molar-refractivity contribution >= 4 is 62.6 Å². The predicted octanol–water partition coefficient (Wildman–Crippen LogP) is 8.74. The number of rotatable bonds is 8. The van der Waals surface area contributed by atoms with Crippen molar-refractivity contribution in [3.05, 3.63) is 104 Å². The highest BCUT2D eigenvalue weighted by molar-refractivity contribution is 6.42. The molecule has 0 saturated carbocycles. The number of fused-ring (bicyclic) bond motifs is 2. The Hall–Kier alpha value is -3.25. The van der Waals surface area contributed by atoms with Gasteiger partial charge in [-0.05, 0) is 80.4 Å². The molecular weight excluding hydrogens is 555 g/mol. The second-order valence-electron chi connectivity index (χ2n) is 10.4. The molecule has 0 bridgehead atoms. The first-order valence-electron chi connectivity index (χ1n) is 12.5. The molecule has 5 nitrogen and oxygen atoms in total. The van der Waals surface area contributed by atoms with Gasteiger partial charge in [0.1, 0.15) is 12.4 Å². The Morgan fingerprint density at radius 3 is 2.41 bits per heavy atom. The number of hydrogen-bond donors (Lipinski definition) is 1. The van der Waals surface area contributed by atoms with E-state index in [2.05, 4.69) is 9.55 Å². The smallest absolute Gasteiger partial charge is 0.309 e. The van der Waals surface area contributed by atoms with Gasteiger partial charge in [-0.15, -0.1) is 0 Å². The molecule has 200 valence electrons. The zero-order valence-corrected chi connectivity index (χ0v) is 24.0. The van der Waals surface area contributed by atoms with E-state index in [1.165, 1.54) is 0 Å². The minimum absolute atomic E-state index is 0.283. The van der Waals surface area contributed by atoms with Crippen LogP contribution in [0.1, 0.15) is 36.4 Å². The summed E-state index contributed by atoms with van der Waals surface area (Å²) in [5.74, 6) is -0.130. The average Bonchev–Trinajstić information content (AvgIpc) is 3.14. The zero-order valence-electron chi connectivity index (χ0n) is 21.8. The Balaban J connectivity index is 1.48. The van der Waals surface area contributed by atoms with E-state index in [-0.39, 0.29) is 6.61 Å². The molecular formula is C31H27Cl3N2O3. The van der Waals surface area contributed by atoms with Crippen LogP contribution in [0.15, 0.2) is 66.7 Å². The van der Waals surface area contributed by atoms with Crippen molar-refractivity contribution in [2.45, 2.75) is 40.3 Å². The van der Waals surface area contributed by atoms with E-state index in [1.54, 1.807) is 26.0 Å². The Morgan fingerprint density at radius 1 is 0.974 bits per heavy atom. The van der Waals surface area contributed by atoms with E-state index in [4.69, 9.17) is 39.5 Å². The quantitative estimate of drug-likeness (QED) is 0.199. The summed E-state index contributed by atoms with van der Waals surface area (Å²) in [5.41, 5.74) is 4.70. The van der Waals surface area contributed by atoms with Crippen LogP contribution in [0, 0.1) is 12.3 Å². The summed E-state index contributed by atoms with van der Waals surface area (Å²) < 4.78 is 8.33. The monoisotopic (exact) mass is 580 g/mol. The van der Waals surface area contributed by atoms with Crippen LogP contribution in [0.5, 0.6) is 5.75 Å². The Bertz CT molecular complexity index is 1710. The van der Waals surface area contributed by atoms with Crippen LogP contribution in [0.25, 0.3) is 21.8 Å². The molecule has 0 spiro atoms. The first-order valence-corrected chi connectivity index (χ1v) is 13.6. The molecule has 5 aromatic rings. The summed E-state index contributed by atoms with van der Waals surface area (Å²) in [6, 6.07) is 21.1. The van der Waals surface area contributed by atoms with Crippen molar-refractivity contribution in [2.75, 3.05) is 0 Å². The third-order valence-corrected chi connectivity index (χ3v) is 8.01. The van der Waals surface area contributed by atoms with Gasteiger partial charge in [-0.2, -0.15) is 0 Å². The second-order valence-corrected chi connectivity index (χ2v) is 11.6. The maximum atomic E-state index is 12.0. The number of carboxylic acid groups (broad SMARTS) is 1. The second kappa shape index (κ2) is 10.7. The fourth-order valence-corrected chi connectivity index (χ4v) is 5.17. The molecule has 0 fully saturated rings. The lowest BCUT2D eigenvalue weighted by molar-refractivity contribution is -0.146. The molecule has 2 aromatic heterocycles. The van der Waals surface area contributed by atoms with Crippen LogP contribution in [0.2, 0.25) is 15.1 Å². The van der Waals surface area contributed by atoms with E-state index in [1.807, 2.05) is 61.5 Å². The normalized spacial score (nSPS) is 11.8. The van der Waals surface area contributed by atoms with Gasteiger partial charge < -0.3 is 14.4 Å². The number of carboxylic acids is 1. The molecule has 0 amide bonds. The molecule has 0 aliphatic carbocycles. The summed E-state index contributed by atoms with van der Waals surface area (Å²) >= 11 is 18.4. The highest BCUT2D eigenvalue weighted by atomic mass is 35.5. The average molecular weight is 582 g/mol. The maximum absolute atomic E-state index is 12.0. The van der Waals surface area contributed by atoms with Gasteiger partial charge in [0.2, 0.25) is 0 Å². The van der Waals surface area contributed by atoms with Crippen LogP contribution in [0.3, 0.4) is 0 Å². The molecule has 2 heterocycles. The van der Waals surface area contributed by atoms with Crippen LogP contribution in [0.4, 0.5) is 0 Å². The molecule has 0 radical (unpaired) electrons. The highest BCUT2D eigenvalue weighted by Crippen LogP contribution is 2.34. The van der Waals surface area contributed by atoms with E-state index in [0.717, 1.165) is 44.3 Å². The molecule has 0 saturated heterocycles. The van der Waals surface area contributed by atoms with Crippen molar-refractivity contribution in [1.82, 2.24) is 9.55 Å². The number of carbonyl (C=O) groups is 1. The molecule has 3 aromatic carbocycles. The Morgan fingerprint density at radius 2 is 1.69 bits per heavy atom. The number of ether oxygens (including phenoxy) is 1. The molecule has 1 N–H and O–H groups in total. The van der Waals surface area contributed by atoms with Crippen molar-refractivity contribution < 1.29 is 14.6 Å². The molecule has 0 aliphatic heterocycles. The van der Waals surface area contributed by atoms with Gasteiger partial charge >= 0.3 is 5.97 Å². The summed E-state index contributed by atoms with van der Waals surface area (Å²) in [7, 11) is 0. The highest BCUT2D eigenvalue weighted by Gasteiger charge is 2.30. The Labute approximate surface area is 241 Å². The molecule has 5 rings (SSSR count). The van der Waals surface area contributed by atoms with Gasteiger partial charge in [-0.25, -0.2) is 4.98 Å². The Kier molecular flexibility index (Phi) is 7.51. The van der Waals surface area contributed by atoms with Crippen LogP contribution in [-0.4, -0.2) is 20.6 Å². The van der Waals surface area contributed by atoms with Gasteiger partial charge in [0.15, 0.2) is 0 Å². The predicted molar refractivity (Wildman–Crippen MR) is 158 cm³/mol. The third-order valence-electron chi connectivity index (χ3n) is 7.04. The van der Waals surface area contributed by atoms with Gasteiger partial charge in [0.05, 0.1) is 26.7 Å². The SMILES string of the molecule is Cc1c(CC(C)(C)C(=O)O)n(Cc2ccc(Cl)cc2)c2ccc(OCc3ccc4cc(Cl)c(Cl)cc4n3)cc12. The van der Waals surface area contributed by atoms with E-state index in [0.29, 0.717) is 33.8 Å². The molecule has 8 heteroatoms. The topological polar surface area (TPSA) is 64.3 Å². The number of hydrogen-bond acceptors (Lipinski definition) is 3. The molecule has 0 atom stereocenters. The molecule has 39 heavy (non-hydrogen) atoms. The lowest BCUT2D eigenvalue weighted by Gasteiger charge is -2.21. The van der Waals surface area contributed by atoms with Crippen molar-refractivity contribution in [2.24, 2.45) is 5.41 Å². The van der Waals surface area contributed by atoms with Crippen molar-refractivity contribution in [3.63, 3.8) is 0 Å². The number of aliphatic carboxylic acids is 1. The number of benzene rings is 3. The van der Waals surface area contributed by atoms with Crippen LogP contribution in [-0.2, 0) is 24.4 Å². The minimum Gasteiger partial charge on any atom is -0.487 e. The zero-order chi connectivity index (χ0) is 27.9.